The van der Waals surface area contributed by atoms with E-state index in [0.29, 0.717) is 12.8 Å². The van der Waals surface area contributed by atoms with Crippen molar-refractivity contribution in [1.29, 1.82) is 0 Å². The normalized spacial score (nSPS) is 34.1. The number of rotatable bonds is 0. The molecular formula is C12H18O4. The molecule has 0 radical (unpaired) electrons. The number of esters is 2. The van der Waals surface area contributed by atoms with Gasteiger partial charge in [-0.25, -0.2) is 0 Å². The molecule has 2 unspecified atom stereocenters. The van der Waals surface area contributed by atoms with Crippen molar-refractivity contribution in [3.05, 3.63) is 0 Å². The molecule has 2 aliphatic rings. The Bertz CT molecular complexity index is 280. The highest BCUT2D eigenvalue weighted by Gasteiger charge is 2.46. The van der Waals surface area contributed by atoms with Gasteiger partial charge in [0.15, 0.2) is 0 Å². The molecule has 4 heteroatoms. The van der Waals surface area contributed by atoms with E-state index >= 15 is 0 Å². The van der Waals surface area contributed by atoms with Crippen LogP contribution in [0.1, 0.15) is 46.0 Å². The zero-order valence-electron chi connectivity index (χ0n) is 9.82. The third-order valence-corrected chi connectivity index (χ3v) is 3.68. The Morgan fingerprint density at radius 1 is 0.938 bits per heavy atom. The lowest BCUT2D eigenvalue weighted by atomic mass is 9.94. The van der Waals surface area contributed by atoms with E-state index in [9.17, 15) is 9.59 Å². The second kappa shape index (κ2) is 4.07. The van der Waals surface area contributed by atoms with Crippen LogP contribution in [0.15, 0.2) is 0 Å². The first-order chi connectivity index (χ1) is 7.54. The monoisotopic (exact) mass is 226 g/mol. The van der Waals surface area contributed by atoms with Gasteiger partial charge in [0.2, 0.25) is 0 Å². The lowest BCUT2D eigenvalue weighted by Crippen LogP contribution is -2.40. The van der Waals surface area contributed by atoms with Crippen molar-refractivity contribution in [3.8, 4) is 0 Å². The zero-order valence-corrected chi connectivity index (χ0v) is 9.82. The number of carbonyl (C=O) groups excluding carboxylic acids is 2. The van der Waals surface area contributed by atoms with Crippen LogP contribution in [0.3, 0.4) is 0 Å². The summed E-state index contributed by atoms with van der Waals surface area (Å²) < 4.78 is 10.8. The molecule has 0 aromatic carbocycles. The van der Waals surface area contributed by atoms with Crippen molar-refractivity contribution in [2.75, 3.05) is 0 Å². The van der Waals surface area contributed by atoms with Crippen LogP contribution in [0.4, 0.5) is 0 Å². The Morgan fingerprint density at radius 3 is 1.81 bits per heavy atom. The average molecular weight is 226 g/mol. The van der Waals surface area contributed by atoms with E-state index in [4.69, 9.17) is 9.47 Å². The van der Waals surface area contributed by atoms with Gasteiger partial charge in [0.1, 0.15) is 0 Å². The average Bonchev–Trinajstić information content (AvgIpc) is 2.33. The minimum absolute atomic E-state index is 0.305. The lowest BCUT2D eigenvalue weighted by Gasteiger charge is -2.34. The van der Waals surface area contributed by atoms with Gasteiger partial charge in [0, 0.05) is 12.8 Å². The zero-order chi connectivity index (χ0) is 11.8. The van der Waals surface area contributed by atoms with Crippen LogP contribution in [0.5, 0.6) is 0 Å². The number of hydrogen-bond donors (Lipinski definition) is 0. The second-order valence-electron chi connectivity index (χ2n) is 4.89. The molecule has 1 aliphatic heterocycles. The van der Waals surface area contributed by atoms with Crippen molar-refractivity contribution >= 4 is 11.9 Å². The molecule has 0 N–H and O–H groups in total. The largest absolute Gasteiger partial charge is 0.422 e. The highest BCUT2D eigenvalue weighted by atomic mass is 16.7. The Kier molecular flexibility index (Phi) is 2.91. The van der Waals surface area contributed by atoms with Crippen LogP contribution in [0, 0.1) is 11.8 Å². The summed E-state index contributed by atoms with van der Waals surface area (Å²) in [6.07, 6.45) is 4.29. The van der Waals surface area contributed by atoms with Gasteiger partial charge in [-0.15, -0.1) is 0 Å². The molecular weight excluding hydrogens is 208 g/mol. The number of ether oxygens (including phenoxy) is 2. The van der Waals surface area contributed by atoms with Crippen molar-refractivity contribution in [2.45, 2.75) is 51.7 Å². The maximum Gasteiger partial charge on any atom is 0.312 e. The van der Waals surface area contributed by atoms with E-state index < -0.39 is 17.6 Å². The molecule has 2 rings (SSSR count). The first-order valence-corrected chi connectivity index (χ1v) is 6.00. The fourth-order valence-electron chi connectivity index (χ4n) is 2.28. The highest BCUT2D eigenvalue weighted by molar-refractivity contribution is 5.83. The first kappa shape index (κ1) is 11.4. The molecule has 1 saturated carbocycles. The maximum absolute atomic E-state index is 11.8. The molecule has 2 fully saturated rings. The molecule has 1 heterocycles. The SMILES string of the molecule is CC1C(=O)OC2(CCCCC2)OC(=O)C1C. The number of hydrogen-bond acceptors (Lipinski definition) is 4. The summed E-state index contributed by atoms with van der Waals surface area (Å²) in [5.41, 5.74) is 0. The van der Waals surface area contributed by atoms with Gasteiger partial charge in [-0.2, -0.15) is 0 Å². The molecule has 0 aromatic heterocycles. The van der Waals surface area contributed by atoms with Crippen molar-refractivity contribution < 1.29 is 19.1 Å². The van der Waals surface area contributed by atoms with Gasteiger partial charge in [-0.05, 0) is 12.8 Å². The van der Waals surface area contributed by atoms with Crippen molar-refractivity contribution in [2.24, 2.45) is 11.8 Å². The molecule has 16 heavy (non-hydrogen) atoms. The van der Waals surface area contributed by atoms with Gasteiger partial charge in [0.25, 0.3) is 5.79 Å². The topological polar surface area (TPSA) is 52.6 Å². The Balaban J connectivity index is 2.22. The summed E-state index contributed by atoms with van der Waals surface area (Å²) in [5.74, 6) is -2.38. The molecule has 0 aromatic rings. The predicted octanol–water partition coefficient (Wildman–Crippen LogP) is 2.02. The lowest BCUT2D eigenvalue weighted by molar-refractivity contribution is -0.233. The Hall–Kier alpha value is -1.06. The quantitative estimate of drug-likeness (QED) is 0.593. The highest BCUT2D eigenvalue weighted by Crippen LogP contribution is 2.37. The summed E-state index contributed by atoms with van der Waals surface area (Å²) >= 11 is 0. The first-order valence-electron chi connectivity index (χ1n) is 6.00. The third kappa shape index (κ3) is 1.93. The van der Waals surface area contributed by atoms with Crippen LogP contribution in [-0.4, -0.2) is 17.7 Å². The van der Waals surface area contributed by atoms with E-state index in [-0.39, 0.29) is 11.9 Å². The van der Waals surface area contributed by atoms with Crippen LogP contribution < -0.4 is 0 Å². The van der Waals surface area contributed by atoms with E-state index in [1.165, 1.54) is 0 Å². The van der Waals surface area contributed by atoms with Crippen LogP contribution >= 0.6 is 0 Å². The second-order valence-corrected chi connectivity index (χ2v) is 4.89. The molecule has 2 atom stereocenters. The molecule has 0 amide bonds. The van der Waals surface area contributed by atoms with Crippen LogP contribution in [0.2, 0.25) is 0 Å². The third-order valence-electron chi connectivity index (χ3n) is 3.68. The number of carbonyl (C=O) groups is 2. The van der Waals surface area contributed by atoms with Crippen LogP contribution in [0.25, 0.3) is 0 Å². The Labute approximate surface area is 95.3 Å². The van der Waals surface area contributed by atoms with Gasteiger partial charge in [-0.3, -0.25) is 9.59 Å². The molecule has 1 spiro atoms. The summed E-state index contributed by atoms with van der Waals surface area (Å²) in [7, 11) is 0. The predicted molar refractivity (Wildman–Crippen MR) is 56.3 cm³/mol. The molecule has 90 valence electrons. The van der Waals surface area contributed by atoms with Crippen molar-refractivity contribution in [3.63, 3.8) is 0 Å². The fourth-order valence-corrected chi connectivity index (χ4v) is 2.28. The molecule has 0 bridgehead atoms. The minimum atomic E-state index is -0.953. The van der Waals surface area contributed by atoms with Gasteiger partial charge in [-0.1, -0.05) is 20.3 Å². The van der Waals surface area contributed by atoms with E-state index in [0.717, 1.165) is 19.3 Å². The molecule has 4 nitrogen and oxygen atoms in total. The summed E-state index contributed by atoms with van der Waals surface area (Å²) in [6.45, 7) is 3.44. The van der Waals surface area contributed by atoms with E-state index in [1.807, 2.05) is 0 Å². The smallest absolute Gasteiger partial charge is 0.312 e. The summed E-state index contributed by atoms with van der Waals surface area (Å²) in [6, 6.07) is 0. The van der Waals surface area contributed by atoms with Crippen molar-refractivity contribution in [1.82, 2.24) is 0 Å². The Morgan fingerprint density at radius 2 is 1.38 bits per heavy atom. The summed E-state index contributed by atoms with van der Waals surface area (Å²) in [4.78, 5) is 23.6. The molecule has 1 saturated heterocycles. The molecule has 1 aliphatic carbocycles. The van der Waals surface area contributed by atoms with E-state index in [1.54, 1.807) is 13.8 Å². The van der Waals surface area contributed by atoms with Gasteiger partial charge >= 0.3 is 11.9 Å². The summed E-state index contributed by atoms with van der Waals surface area (Å²) in [5, 5.41) is 0. The maximum atomic E-state index is 11.8. The van der Waals surface area contributed by atoms with E-state index in [2.05, 4.69) is 0 Å². The standard InChI is InChI=1S/C12H18O4/c1-8-9(2)11(14)16-12(15-10(8)13)6-4-3-5-7-12/h8-9H,3-7H2,1-2H3. The van der Waals surface area contributed by atoms with Crippen LogP contribution in [-0.2, 0) is 19.1 Å². The fraction of sp³-hybridized carbons (Fsp3) is 0.833. The van der Waals surface area contributed by atoms with Gasteiger partial charge < -0.3 is 9.47 Å². The van der Waals surface area contributed by atoms with Gasteiger partial charge in [0.05, 0.1) is 11.8 Å². The minimum Gasteiger partial charge on any atom is -0.422 e.